The number of likely N-dealkylation sites (tertiary alicyclic amines) is 1. The molecule has 21 heavy (non-hydrogen) atoms. The molecule has 0 spiro atoms. The molecule has 3 rings (SSSR count). The minimum atomic E-state index is -0.593. The van der Waals surface area contributed by atoms with E-state index in [9.17, 15) is 10.1 Å². The number of nitriles is 1. The summed E-state index contributed by atoms with van der Waals surface area (Å²) < 4.78 is 10.3. The molecule has 0 aromatic carbocycles. The van der Waals surface area contributed by atoms with Gasteiger partial charge in [0.1, 0.15) is 23.0 Å². The van der Waals surface area contributed by atoms with Crippen molar-refractivity contribution < 1.29 is 14.1 Å². The molecule has 2 heterocycles. The van der Waals surface area contributed by atoms with Crippen LogP contribution in [0.4, 0.5) is 4.79 Å². The smallest absolute Gasteiger partial charge is 0.410 e. The summed E-state index contributed by atoms with van der Waals surface area (Å²) in [5.41, 5.74) is -0.411. The Balaban J connectivity index is 1.73. The van der Waals surface area contributed by atoms with Gasteiger partial charge in [0.05, 0.1) is 6.07 Å². The fourth-order valence-corrected chi connectivity index (χ4v) is 3.38. The average molecular weight is 289 g/mol. The van der Waals surface area contributed by atoms with Crippen LogP contribution < -0.4 is 0 Å². The summed E-state index contributed by atoms with van der Waals surface area (Å²) in [4.78, 5) is 13.9. The number of hydrogen-bond acceptors (Lipinski definition) is 5. The first-order valence-corrected chi connectivity index (χ1v) is 7.18. The molecule has 2 fully saturated rings. The molecular weight excluding hydrogens is 270 g/mol. The lowest BCUT2D eigenvalue weighted by atomic mass is 9.99. The van der Waals surface area contributed by atoms with Crippen LogP contribution in [0.1, 0.15) is 32.9 Å². The number of rotatable bonds is 1. The summed E-state index contributed by atoms with van der Waals surface area (Å²) in [6, 6.07) is 4.15. The van der Waals surface area contributed by atoms with Crippen LogP contribution in [0.5, 0.6) is 0 Å². The average Bonchev–Trinajstić information content (AvgIpc) is 2.79. The maximum Gasteiger partial charge on any atom is 0.410 e. The van der Waals surface area contributed by atoms with Gasteiger partial charge >= 0.3 is 6.09 Å². The number of nitrogens with zero attached hydrogens (tertiary/aromatic N) is 3. The third-order valence-corrected chi connectivity index (χ3v) is 4.37. The first kappa shape index (κ1) is 13.9. The number of ether oxygens (including phenoxy) is 1. The van der Waals surface area contributed by atoms with Crippen LogP contribution in [0.25, 0.3) is 0 Å². The van der Waals surface area contributed by atoms with Gasteiger partial charge in [-0.2, -0.15) is 5.26 Å². The Labute approximate surface area is 123 Å². The molecule has 3 unspecified atom stereocenters. The molecule has 2 aliphatic rings. The van der Waals surface area contributed by atoms with Gasteiger partial charge in [-0.25, -0.2) is 4.79 Å². The third kappa shape index (κ3) is 2.17. The molecule has 0 N–H and O–H groups in total. The normalized spacial score (nSPS) is 31.2. The molecule has 6 nitrogen and oxygen atoms in total. The van der Waals surface area contributed by atoms with Gasteiger partial charge < -0.3 is 14.2 Å². The van der Waals surface area contributed by atoms with Gasteiger partial charge in [-0.1, -0.05) is 5.16 Å². The van der Waals surface area contributed by atoms with Gasteiger partial charge in [0.2, 0.25) is 0 Å². The Morgan fingerprint density at radius 2 is 2.33 bits per heavy atom. The van der Waals surface area contributed by atoms with E-state index >= 15 is 0 Å². The highest BCUT2D eigenvalue weighted by Gasteiger charge is 2.69. The second-order valence-corrected chi connectivity index (χ2v) is 6.79. The van der Waals surface area contributed by atoms with Gasteiger partial charge in [0.15, 0.2) is 0 Å². The molecule has 0 radical (unpaired) electrons. The van der Waals surface area contributed by atoms with Crippen LogP contribution in [-0.2, 0) is 10.2 Å². The Kier molecular flexibility index (Phi) is 2.97. The Bertz CT molecular complexity index is 584. The summed E-state index contributed by atoms with van der Waals surface area (Å²) in [7, 11) is 0. The Morgan fingerprint density at radius 3 is 2.90 bits per heavy atom. The summed E-state index contributed by atoms with van der Waals surface area (Å²) in [6.45, 7) is 6.72. The number of hydrogen-bond donors (Lipinski definition) is 0. The van der Waals surface area contributed by atoms with Gasteiger partial charge in [-0.05, 0) is 33.1 Å². The summed E-state index contributed by atoms with van der Waals surface area (Å²) in [6.07, 6.45) is 1.98. The van der Waals surface area contributed by atoms with E-state index in [0.717, 1.165) is 6.42 Å². The maximum absolute atomic E-state index is 12.2. The molecule has 1 saturated carbocycles. The van der Waals surface area contributed by atoms with Gasteiger partial charge in [-0.3, -0.25) is 0 Å². The molecule has 1 amide bonds. The Hall–Kier alpha value is -2.03. The predicted molar refractivity (Wildman–Crippen MR) is 73.2 cm³/mol. The number of fused-ring (bicyclic) bond motifs is 1. The van der Waals surface area contributed by atoms with E-state index in [2.05, 4.69) is 11.2 Å². The van der Waals surface area contributed by atoms with E-state index in [1.807, 2.05) is 20.8 Å². The quantitative estimate of drug-likeness (QED) is 0.792. The van der Waals surface area contributed by atoms with Gasteiger partial charge in [0, 0.05) is 25.1 Å². The van der Waals surface area contributed by atoms with Crippen LogP contribution >= 0.6 is 0 Å². The van der Waals surface area contributed by atoms with E-state index < -0.39 is 11.0 Å². The SMILES string of the molecule is CC(C)(C)OC(=O)N1CCC2C(C1)C2(C#N)c1ccon1. The summed E-state index contributed by atoms with van der Waals surface area (Å²) >= 11 is 0. The third-order valence-electron chi connectivity index (χ3n) is 4.37. The molecule has 1 aromatic rings. The molecular formula is C15H19N3O3. The highest BCUT2D eigenvalue weighted by atomic mass is 16.6. The summed E-state index contributed by atoms with van der Waals surface area (Å²) in [5, 5.41) is 13.5. The van der Waals surface area contributed by atoms with Gasteiger partial charge in [-0.15, -0.1) is 0 Å². The van der Waals surface area contributed by atoms with Crippen LogP contribution in [0, 0.1) is 23.2 Å². The largest absolute Gasteiger partial charge is 0.444 e. The number of piperidine rings is 1. The van der Waals surface area contributed by atoms with Crippen molar-refractivity contribution in [2.45, 2.75) is 38.2 Å². The van der Waals surface area contributed by atoms with Crippen LogP contribution in [0.2, 0.25) is 0 Å². The van der Waals surface area contributed by atoms with E-state index in [0.29, 0.717) is 18.8 Å². The first-order chi connectivity index (χ1) is 9.88. The lowest BCUT2D eigenvalue weighted by Gasteiger charge is -2.29. The summed E-state index contributed by atoms with van der Waals surface area (Å²) in [5.74, 6) is 0.375. The van der Waals surface area contributed by atoms with E-state index in [1.54, 1.807) is 11.0 Å². The topological polar surface area (TPSA) is 79.4 Å². The van der Waals surface area contributed by atoms with Crippen molar-refractivity contribution in [3.63, 3.8) is 0 Å². The zero-order valence-electron chi connectivity index (χ0n) is 12.5. The molecule has 3 atom stereocenters. The highest BCUT2D eigenvalue weighted by molar-refractivity contribution is 5.68. The molecule has 0 bridgehead atoms. The lowest BCUT2D eigenvalue weighted by molar-refractivity contribution is 0.0207. The van der Waals surface area contributed by atoms with E-state index in [1.165, 1.54) is 6.26 Å². The molecule has 6 heteroatoms. The van der Waals surface area contributed by atoms with Crippen molar-refractivity contribution in [1.82, 2.24) is 10.1 Å². The molecule has 1 aromatic heterocycles. The van der Waals surface area contributed by atoms with E-state index in [-0.39, 0.29) is 17.9 Å². The van der Waals surface area contributed by atoms with Crippen LogP contribution in [0.15, 0.2) is 16.9 Å². The molecule has 112 valence electrons. The van der Waals surface area contributed by atoms with Crippen LogP contribution in [0.3, 0.4) is 0 Å². The monoisotopic (exact) mass is 289 g/mol. The van der Waals surface area contributed by atoms with Crippen molar-refractivity contribution in [3.8, 4) is 6.07 Å². The first-order valence-electron chi connectivity index (χ1n) is 7.18. The maximum atomic E-state index is 12.2. The number of carbonyl (C=O) groups is 1. The van der Waals surface area contributed by atoms with Crippen molar-refractivity contribution in [2.75, 3.05) is 13.1 Å². The van der Waals surface area contributed by atoms with Gasteiger partial charge in [0.25, 0.3) is 0 Å². The van der Waals surface area contributed by atoms with Crippen molar-refractivity contribution in [3.05, 3.63) is 18.0 Å². The van der Waals surface area contributed by atoms with Crippen molar-refractivity contribution in [2.24, 2.45) is 11.8 Å². The molecule has 1 aliphatic carbocycles. The highest BCUT2D eigenvalue weighted by Crippen LogP contribution is 2.62. The zero-order chi connectivity index (χ0) is 15.3. The predicted octanol–water partition coefficient (Wildman–Crippen LogP) is 2.32. The lowest BCUT2D eigenvalue weighted by Crippen LogP contribution is -2.40. The van der Waals surface area contributed by atoms with E-state index in [4.69, 9.17) is 9.26 Å². The molecule has 1 aliphatic heterocycles. The zero-order valence-corrected chi connectivity index (χ0v) is 12.5. The van der Waals surface area contributed by atoms with Crippen molar-refractivity contribution >= 4 is 6.09 Å². The van der Waals surface area contributed by atoms with Crippen molar-refractivity contribution in [1.29, 1.82) is 5.26 Å². The number of aromatic nitrogens is 1. The standard InChI is InChI=1S/C15H19N3O3/c1-14(2,3)21-13(19)18-6-4-10-11(8-18)15(10,9-16)12-5-7-20-17-12/h5,7,10-11H,4,6,8H2,1-3H3. The number of carbonyl (C=O) groups excluding carboxylic acids is 1. The fourth-order valence-electron chi connectivity index (χ4n) is 3.38. The second kappa shape index (κ2) is 4.48. The molecule has 1 saturated heterocycles. The van der Waals surface area contributed by atoms with Crippen LogP contribution in [-0.4, -0.2) is 34.8 Å². The second-order valence-electron chi connectivity index (χ2n) is 6.79. The minimum absolute atomic E-state index is 0.119. The minimum Gasteiger partial charge on any atom is -0.444 e. The Morgan fingerprint density at radius 1 is 1.57 bits per heavy atom. The number of amides is 1. The fraction of sp³-hybridized carbons (Fsp3) is 0.667.